The van der Waals surface area contributed by atoms with Crippen molar-refractivity contribution in [3.05, 3.63) is 17.8 Å². The van der Waals surface area contributed by atoms with Gasteiger partial charge in [0.05, 0.1) is 6.20 Å². The Kier molecular flexibility index (Phi) is 3.76. The molecule has 98 valence electrons. The summed E-state index contributed by atoms with van der Waals surface area (Å²) in [6, 6.07) is 2.21. The Balaban J connectivity index is 2.08. The Morgan fingerprint density at radius 1 is 1.61 bits per heavy atom. The molecule has 2 heterocycles. The number of hydrogen-bond donors (Lipinski definition) is 2. The van der Waals surface area contributed by atoms with E-state index in [0.717, 1.165) is 19.4 Å². The Bertz CT molecular complexity index is 438. The molecule has 2 N–H and O–H groups in total. The topological polar surface area (TPSA) is 78.3 Å². The maximum atomic E-state index is 11.1. The fourth-order valence-corrected chi connectivity index (χ4v) is 2.22. The highest BCUT2D eigenvalue weighted by Gasteiger charge is 2.24. The SMILES string of the molecule is CC1CC(Nc2nnccc2C(=O)O)CCN1C. The van der Waals surface area contributed by atoms with Gasteiger partial charge in [-0.1, -0.05) is 0 Å². The van der Waals surface area contributed by atoms with Gasteiger partial charge in [-0.2, -0.15) is 5.10 Å². The van der Waals surface area contributed by atoms with E-state index < -0.39 is 5.97 Å². The van der Waals surface area contributed by atoms with Gasteiger partial charge in [-0.25, -0.2) is 4.79 Å². The molecule has 2 unspecified atom stereocenters. The minimum Gasteiger partial charge on any atom is -0.478 e. The first-order valence-electron chi connectivity index (χ1n) is 6.09. The third kappa shape index (κ3) is 2.76. The standard InChI is InChI=1S/C12H18N4O2/c1-8-7-9(4-6-16(8)2)14-11-10(12(17)18)3-5-13-15-11/h3,5,8-9H,4,6-7H2,1-2H3,(H,14,15)(H,17,18). The fraction of sp³-hybridized carbons (Fsp3) is 0.583. The average molecular weight is 250 g/mol. The number of likely N-dealkylation sites (tertiary alicyclic amines) is 1. The zero-order chi connectivity index (χ0) is 13.1. The molecule has 0 aliphatic carbocycles. The monoisotopic (exact) mass is 250 g/mol. The van der Waals surface area contributed by atoms with Crippen molar-refractivity contribution < 1.29 is 9.90 Å². The Hall–Kier alpha value is -1.69. The van der Waals surface area contributed by atoms with Gasteiger partial charge in [0, 0.05) is 18.6 Å². The molecule has 6 heteroatoms. The van der Waals surface area contributed by atoms with E-state index in [-0.39, 0.29) is 11.6 Å². The summed E-state index contributed by atoms with van der Waals surface area (Å²) in [7, 11) is 2.10. The van der Waals surface area contributed by atoms with Gasteiger partial charge < -0.3 is 15.3 Å². The second-order valence-corrected chi connectivity index (χ2v) is 4.79. The molecule has 0 radical (unpaired) electrons. The second kappa shape index (κ2) is 5.30. The summed E-state index contributed by atoms with van der Waals surface area (Å²) in [6.45, 7) is 3.17. The number of aromatic nitrogens is 2. The molecular formula is C12H18N4O2. The quantitative estimate of drug-likeness (QED) is 0.835. The van der Waals surface area contributed by atoms with Crippen LogP contribution in [-0.2, 0) is 0 Å². The third-order valence-corrected chi connectivity index (χ3v) is 3.50. The van der Waals surface area contributed by atoms with Crippen LogP contribution < -0.4 is 5.32 Å². The average Bonchev–Trinajstić information content (AvgIpc) is 2.34. The van der Waals surface area contributed by atoms with Crippen molar-refractivity contribution in [2.45, 2.75) is 31.8 Å². The Labute approximate surface area is 106 Å². The fourth-order valence-electron chi connectivity index (χ4n) is 2.22. The minimum atomic E-state index is -0.978. The van der Waals surface area contributed by atoms with E-state index in [0.29, 0.717) is 11.9 Å². The predicted octanol–water partition coefficient (Wildman–Crippen LogP) is 1.07. The highest BCUT2D eigenvalue weighted by molar-refractivity contribution is 5.92. The van der Waals surface area contributed by atoms with Gasteiger partial charge in [0.15, 0.2) is 5.82 Å². The molecule has 0 spiro atoms. The van der Waals surface area contributed by atoms with Gasteiger partial charge in [-0.15, -0.1) is 5.10 Å². The highest BCUT2D eigenvalue weighted by Crippen LogP contribution is 2.20. The van der Waals surface area contributed by atoms with Crippen LogP contribution in [0.3, 0.4) is 0 Å². The lowest BCUT2D eigenvalue weighted by atomic mass is 9.99. The molecule has 1 aromatic rings. The van der Waals surface area contributed by atoms with Crippen molar-refractivity contribution in [1.82, 2.24) is 15.1 Å². The number of anilines is 1. The van der Waals surface area contributed by atoms with Crippen LogP contribution in [0.25, 0.3) is 0 Å². The highest BCUT2D eigenvalue weighted by atomic mass is 16.4. The van der Waals surface area contributed by atoms with E-state index in [2.05, 4.69) is 34.4 Å². The van der Waals surface area contributed by atoms with Crippen molar-refractivity contribution in [1.29, 1.82) is 0 Å². The molecule has 0 bridgehead atoms. The summed E-state index contributed by atoms with van der Waals surface area (Å²) in [6.07, 6.45) is 3.36. The van der Waals surface area contributed by atoms with E-state index in [1.54, 1.807) is 0 Å². The molecule has 18 heavy (non-hydrogen) atoms. The second-order valence-electron chi connectivity index (χ2n) is 4.79. The maximum absolute atomic E-state index is 11.1. The van der Waals surface area contributed by atoms with Crippen molar-refractivity contribution in [3.8, 4) is 0 Å². The van der Waals surface area contributed by atoms with Crippen LogP contribution in [0, 0.1) is 0 Å². The van der Waals surface area contributed by atoms with Crippen molar-refractivity contribution >= 4 is 11.8 Å². The van der Waals surface area contributed by atoms with Crippen LogP contribution in [0.4, 0.5) is 5.82 Å². The van der Waals surface area contributed by atoms with Gasteiger partial charge in [-0.05, 0) is 32.9 Å². The van der Waals surface area contributed by atoms with E-state index >= 15 is 0 Å². The predicted molar refractivity (Wildman–Crippen MR) is 67.7 cm³/mol. The summed E-state index contributed by atoms with van der Waals surface area (Å²) in [5.74, 6) is -0.611. The van der Waals surface area contributed by atoms with Crippen molar-refractivity contribution in [2.24, 2.45) is 0 Å². The van der Waals surface area contributed by atoms with Gasteiger partial charge in [0.25, 0.3) is 0 Å². The largest absolute Gasteiger partial charge is 0.478 e. The number of carboxylic acid groups (broad SMARTS) is 1. The lowest BCUT2D eigenvalue weighted by Crippen LogP contribution is -2.43. The molecule has 6 nitrogen and oxygen atoms in total. The summed E-state index contributed by atoms with van der Waals surface area (Å²) < 4.78 is 0. The first-order chi connectivity index (χ1) is 8.58. The van der Waals surface area contributed by atoms with Crippen LogP contribution >= 0.6 is 0 Å². The number of aromatic carboxylic acids is 1. The molecule has 2 atom stereocenters. The smallest absolute Gasteiger partial charge is 0.339 e. The zero-order valence-electron chi connectivity index (χ0n) is 10.6. The number of nitrogens with zero attached hydrogens (tertiary/aromatic N) is 3. The number of nitrogens with one attached hydrogen (secondary N) is 1. The number of carbonyl (C=O) groups is 1. The molecule has 1 saturated heterocycles. The molecule has 1 fully saturated rings. The number of piperidine rings is 1. The molecule has 1 aliphatic heterocycles. The first kappa shape index (κ1) is 12.8. The maximum Gasteiger partial charge on any atom is 0.339 e. The molecule has 0 amide bonds. The summed E-state index contributed by atoms with van der Waals surface area (Å²) >= 11 is 0. The van der Waals surface area contributed by atoms with Gasteiger partial charge in [0.1, 0.15) is 5.56 Å². The summed E-state index contributed by atoms with van der Waals surface area (Å²) in [4.78, 5) is 13.4. The minimum absolute atomic E-state index is 0.177. The van der Waals surface area contributed by atoms with Crippen LogP contribution in [0.2, 0.25) is 0 Å². The first-order valence-corrected chi connectivity index (χ1v) is 6.09. The molecule has 1 aromatic heterocycles. The normalized spacial score (nSPS) is 24.8. The van der Waals surface area contributed by atoms with Gasteiger partial charge >= 0.3 is 5.97 Å². The lowest BCUT2D eigenvalue weighted by molar-refractivity contribution is 0.0697. The van der Waals surface area contributed by atoms with E-state index in [1.165, 1.54) is 12.3 Å². The molecule has 0 aromatic carbocycles. The van der Waals surface area contributed by atoms with Crippen LogP contribution in [0.1, 0.15) is 30.1 Å². The number of rotatable bonds is 3. The molecule has 1 aliphatic rings. The van der Waals surface area contributed by atoms with Crippen LogP contribution in [0.15, 0.2) is 12.3 Å². The number of hydrogen-bond acceptors (Lipinski definition) is 5. The Morgan fingerprint density at radius 3 is 3.06 bits per heavy atom. The van der Waals surface area contributed by atoms with Crippen LogP contribution in [-0.4, -0.2) is 51.8 Å². The lowest BCUT2D eigenvalue weighted by Gasteiger charge is -2.35. The third-order valence-electron chi connectivity index (χ3n) is 3.50. The molecule has 2 rings (SSSR count). The summed E-state index contributed by atoms with van der Waals surface area (Å²) in [5, 5.41) is 19.9. The van der Waals surface area contributed by atoms with Crippen molar-refractivity contribution in [2.75, 3.05) is 18.9 Å². The van der Waals surface area contributed by atoms with Gasteiger partial charge in [0.2, 0.25) is 0 Å². The van der Waals surface area contributed by atoms with Crippen molar-refractivity contribution in [3.63, 3.8) is 0 Å². The van der Waals surface area contributed by atoms with Gasteiger partial charge in [-0.3, -0.25) is 0 Å². The number of carboxylic acids is 1. The zero-order valence-corrected chi connectivity index (χ0v) is 10.6. The molecular weight excluding hydrogens is 232 g/mol. The van der Waals surface area contributed by atoms with Crippen LogP contribution in [0.5, 0.6) is 0 Å². The van der Waals surface area contributed by atoms with E-state index in [4.69, 9.17) is 5.11 Å². The Morgan fingerprint density at radius 2 is 2.39 bits per heavy atom. The summed E-state index contributed by atoms with van der Waals surface area (Å²) in [5.41, 5.74) is 0.177. The van der Waals surface area contributed by atoms with E-state index in [9.17, 15) is 4.79 Å². The van der Waals surface area contributed by atoms with E-state index in [1.807, 2.05) is 0 Å². The molecule has 0 saturated carbocycles.